The molecule has 1 aromatic carbocycles. The van der Waals surface area contributed by atoms with Crippen molar-refractivity contribution >= 4 is 30.1 Å². The number of ether oxygens (including phenoxy) is 1. The summed E-state index contributed by atoms with van der Waals surface area (Å²) >= 11 is 0. The molecule has 1 amide bonds. The van der Waals surface area contributed by atoms with E-state index in [0.717, 1.165) is 60.1 Å². The highest BCUT2D eigenvalue weighted by Crippen LogP contribution is 2.37. The number of nitrogens with one attached hydrogen (secondary N) is 3. The van der Waals surface area contributed by atoms with Gasteiger partial charge in [0.15, 0.2) is 0 Å². The van der Waals surface area contributed by atoms with E-state index < -0.39 is 0 Å². The fourth-order valence-corrected chi connectivity index (χ4v) is 4.36. The highest BCUT2D eigenvalue weighted by Gasteiger charge is 2.35. The van der Waals surface area contributed by atoms with Crippen LogP contribution in [-0.4, -0.2) is 25.6 Å². The summed E-state index contributed by atoms with van der Waals surface area (Å²) < 4.78 is 6.05. The molecule has 5 nitrogen and oxygen atoms in total. The summed E-state index contributed by atoms with van der Waals surface area (Å²) in [6.45, 7) is 2.95. The van der Waals surface area contributed by atoms with Crippen molar-refractivity contribution < 1.29 is 9.53 Å². The van der Waals surface area contributed by atoms with Gasteiger partial charge in [0.25, 0.3) is 5.91 Å². The predicted molar refractivity (Wildman–Crippen MR) is 118 cm³/mol. The first-order chi connectivity index (χ1) is 13.8. The number of hydrogen-bond acceptors (Lipinski definition) is 4. The number of carbonyl (C=O) groups is 1. The first-order valence-electron chi connectivity index (χ1n) is 10.1. The quantitative estimate of drug-likeness (QED) is 0.662. The Kier molecular flexibility index (Phi) is 5.79. The number of fused-ring (bicyclic) bond motifs is 2. The molecular weight excluding hydrogens is 386 g/mol. The Labute approximate surface area is 177 Å². The number of rotatable bonds is 3. The zero-order chi connectivity index (χ0) is 18.9. The summed E-state index contributed by atoms with van der Waals surface area (Å²) in [6, 6.07) is 6.13. The van der Waals surface area contributed by atoms with Crippen molar-refractivity contribution in [3.05, 3.63) is 65.0 Å². The van der Waals surface area contributed by atoms with E-state index >= 15 is 0 Å². The van der Waals surface area contributed by atoms with Gasteiger partial charge in [-0.05, 0) is 68.6 Å². The molecule has 0 bridgehead atoms. The second kappa shape index (κ2) is 8.47. The second-order valence-corrected chi connectivity index (χ2v) is 7.83. The van der Waals surface area contributed by atoms with Crippen molar-refractivity contribution in [3.63, 3.8) is 0 Å². The second-order valence-electron chi connectivity index (χ2n) is 7.83. The molecule has 5 rings (SSSR count). The van der Waals surface area contributed by atoms with Crippen LogP contribution in [0.5, 0.6) is 5.75 Å². The lowest BCUT2D eigenvalue weighted by molar-refractivity contribution is -0.116. The molecule has 2 saturated heterocycles. The van der Waals surface area contributed by atoms with Gasteiger partial charge in [0, 0.05) is 34.1 Å². The number of allylic oxidation sites excluding steroid dienone is 5. The normalized spacial score (nSPS) is 25.3. The van der Waals surface area contributed by atoms with E-state index in [-0.39, 0.29) is 24.2 Å². The molecule has 0 spiro atoms. The van der Waals surface area contributed by atoms with Crippen LogP contribution in [0.2, 0.25) is 0 Å². The van der Waals surface area contributed by atoms with Crippen LogP contribution in [0.1, 0.15) is 24.8 Å². The minimum atomic E-state index is -0.00234. The molecule has 6 heteroatoms. The average molecular weight is 412 g/mol. The fourth-order valence-electron chi connectivity index (χ4n) is 4.36. The zero-order valence-corrected chi connectivity index (χ0v) is 17.1. The van der Waals surface area contributed by atoms with E-state index in [1.807, 2.05) is 30.4 Å². The Morgan fingerprint density at radius 3 is 2.83 bits per heavy atom. The van der Waals surface area contributed by atoms with Crippen molar-refractivity contribution in [2.24, 2.45) is 11.8 Å². The monoisotopic (exact) mass is 411 g/mol. The number of hydrogen-bond donors (Lipinski definition) is 3. The Morgan fingerprint density at radius 2 is 1.97 bits per heavy atom. The summed E-state index contributed by atoms with van der Waals surface area (Å²) in [5.41, 5.74) is 4.80. The van der Waals surface area contributed by atoms with Crippen LogP contribution in [0.4, 0.5) is 5.69 Å². The molecule has 3 heterocycles. The maximum atomic E-state index is 12.5. The highest BCUT2D eigenvalue weighted by atomic mass is 35.5. The van der Waals surface area contributed by atoms with Gasteiger partial charge in [-0.3, -0.25) is 4.79 Å². The van der Waals surface area contributed by atoms with Crippen LogP contribution in [-0.2, 0) is 4.79 Å². The average Bonchev–Trinajstić information content (AvgIpc) is 3.08. The molecule has 1 aliphatic carbocycles. The molecule has 3 N–H and O–H groups in total. The molecule has 2 fully saturated rings. The number of halogens is 1. The minimum absolute atomic E-state index is 0. The maximum Gasteiger partial charge on any atom is 0.254 e. The molecular formula is C23H26ClN3O2. The number of anilines is 1. The van der Waals surface area contributed by atoms with Gasteiger partial charge in [-0.15, -0.1) is 12.4 Å². The molecule has 29 heavy (non-hydrogen) atoms. The minimum Gasteiger partial charge on any atom is -0.493 e. The number of amides is 1. The fraction of sp³-hybridized carbons (Fsp3) is 0.348. The smallest absolute Gasteiger partial charge is 0.254 e. The largest absolute Gasteiger partial charge is 0.493 e. The van der Waals surface area contributed by atoms with Crippen molar-refractivity contribution in [2.45, 2.75) is 19.3 Å². The summed E-state index contributed by atoms with van der Waals surface area (Å²) in [5.74, 6) is 1.66. The predicted octanol–water partition coefficient (Wildman–Crippen LogP) is 3.77. The first kappa shape index (κ1) is 19.8. The lowest BCUT2D eigenvalue weighted by Crippen LogP contribution is -2.30. The van der Waals surface area contributed by atoms with Gasteiger partial charge >= 0.3 is 0 Å². The lowest BCUT2D eigenvalue weighted by atomic mass is 9.90. The van der Waals surface area contributed by atoms with Gasteiger partial charge in [0.05, 0.1) is 6.61 Å². The molecule has 0 aromatic heterocycles. The van der Waals surface area contributed by atoms with Crippen molar-refractivity contribution in [1.29, 1.82) is 0 Å². The van der Waals surface area contributed by atoms with Crippen molar-refractivity contribution in [1.82, 2.24) is 10.6 Å². The van der Waals surface area contributed by atoms with Crippen LogP contribution in [0.25, 0.3) is 6.08 Å². The SMILES string of the molecule is Cl.O=C1NC2=CC=CCC2C1=C1C=Cc2cc(OCC3CCNCC3)ccc2N1. The van der Waals surface area contributed by atoms with E-state index in [0.29, 0.717) is 5.92 Å². The van der Waals surface area contributed by atoms with Gasteiger partial charge in [0.1, 0.15) is 5.75 Å². The summed E-state index contributed by atoms with van der Waals surface area (Å²) in [5, 5.41) is 9.84. The van der Waals surface area contributed by atoms with Crippen molar-refractivity contribution in [3.8, 4) is 5.75 Å². The third-order valence-corrected chi connectivity index (χ3v) is 5.97. The molecule has 152 valence electrons. The van der Waals surface area contributed by atoms with E-state index in [9.17, 15) is 4.79 Å². The third-order valence-electron chi connectivity index (χ3n) is 5.97. The van der Waals surface area contributed by atoms with Crippen LogP contribution >= 0.6 is 12.4 Å². The van der Waals surface area contributed by atoms with Crippen LogP contribution in [0.15, 0.2) is 59.5 Å². The number of carbonyl (C=O) groups excluding carboxylic acids is 1. The zero-order valence-electron chi connectivity index (χ0n) is 16.2. The van der Waals surface area contributed by atoms with Gasteiger partial charge in [-0.25, -0.2) is 0 Å². The summed E-state index contributed by atoms with van der Waals surface area (Å²) in [6.07, 6.45) is 13.4. The highest BCUT2D eigenvalue weighted by molar-refractivity contribution is 6.01. The first-order valence-corrected chi connectivity index (χ1v) is 10.1. The van der Waals surface area contributed by atoms with Gasteiger partial charge in [-0.2, -0.15) is 0 Å². The van der Waals surface area contributed by atoms with Gasteiger partial charge in [-0.1, -0.05) is 18.2 Å². The van der Waals surface area contributed by atoms with Gasteiger partial charge < -0.3 is 20.7 Å². The number of piperidine rings is 1. The Bertz CT molecular complexity index is 926. The lowest BCUT2D eigenvalue weighted by Gasteiger charge is -2.23. The molecule has 0 radical (unpaired) electrons. The van der Waals surface area contributed by atoms with Gasteiger partial charge in [0.2, 0.25) is 0 Å². The molecule has 4 aliphatic rings. The van der Waals surface area contributed by atoms with Crippen LogP contribution in [0, 0.1) is 11.8 Å². The van der Waals surface area contributed by atoms with E-state index in [1.165, 1.54) is 12.8 Å². The number of benzene rings is 1. The molecule has 0 saturated carbocycles. The summed E-state index contributed by atoms with van der Waals surface area (Å²) in [4.78, 5) is 12.5. The molecule has 1 unspecified atom stereocenters. The molecule has 1 atom stereocenters. The van der Waals surface area contributed by atoms with E-state index in [2.05, 4.69) is 34.2 Å². The maximum absolute atomic E-state index is 12.5. The third kappa shape index (κ3) is 3.98. The Morgan fingerprint density at radius 1 is 1.10 bits per heavy atom. The van der Waals surface area contributed by atoms with E-state index in [4.69, 9.17) is 4.74 Å². The van der Waals surface area contributed by atoms with Crippen LogP contribution in [0.3, 0.4) is 0 Å². The van der Waals surface area contributed by atoms with Crippen LogP contribution < -0.4 is 20.7 Å². The standard InChI is InChI=1S/C23H25N3O2.ClH/c27-23-22(18-3-1-2-4-20(18)26-23)21-7-5-16-13-17(6-8-19(16)25-21)28-14-15-9-11-24-12-10-15;/h1-2,4-8,13,15,18,24-25H,3,9-12,14H2,(H,26,27);1H. The summed E-state index contributed by atoms with van der Waals surface area (Å²) in [7, 11) is 0. The van der Waals surface area contributed by atoms with E-state index in [1.54, 1.807) is 0 Å². The van der Waals surface area contributed by atoms with Crippen molar-refractivity contribution in [2.75, 3.05) is 25.0 Å². The topological polar surface area (TPSA) is 62.4 Å². The molecule has 3 aliphatic heterocycles. The Balaban J connectivity index is 0.00000205. The molecule has 1 aromatic rings. The Hall–Kier alpha value is -2.50.